The van der Waals surface area contributed by atoms with Gasteiger partial charge in [-0.05, 0) is 60.9 Å². The molecule has 1 fully saturated rings. The number of hydrogen-bond acceptors (Lipinski definition) is 6. The van der Waals surface area contributed by atoms with E-state index in [1.54, 1.807) is 18.3 Å². The third kappa shape index (κ3) is 5.41. The van der Waals surface area contributed by atoms with E-state index in [2.05, 4.69) is 21.4 Å². The highest BCUT2D eigenvalue weighted by Crippen LogP contribution is 2.30. The number of unbranched alkanes of at least 4 members (excludes halogenated alkanes) is 1. The van der Waals surface area contributed by atoms with Crippen LogP contribution >= 0.6 is 23.4 Å². The van der Waals surface area contributed by atoms with Crippen molar-refractivity contribution in [3.05, 3.63) is 57.7 Å². The maximum absolute atomic E-state index is 11.7. The van der Waals surface area contributed by atoms with Gasteiger partial charge in [-0.1, -0.05) is 23.7 Å². The molecule has 1 aromatic heterocycles. The minimum Gasteiger partial charge on any atom is -0.354 e. The van der Waals surface area contributed by atoms with Crippen LogP contribution in [0.25, 0.3) is 6.08 Å². The number of aryl methyl sites for hydroxylation is 1. The molecule has 0 radical (unpaired) electrons. The maximum atomic E-state index is 11.7. The van der Waals surface area contributed by atoms with E-state index < -0.39 is 0 Å². The average molecular weight is 388 g/mol. The lowest BCUT2D eigenvalue weighted by Crippen LogP contribution is -2.06. The number of rotatable bonds is 7. The van der Waals surface area contributed by atoms with Crippen molar-refractivity contribution in [2.24, 2.45) is 0 Å². The van der Waals surface area contributed by atoms with E-state index in [0.29, 0.717) is 16.5 Å². The molecule has 5 nitrogen and oxygen atoms in total. The largest absolute Gasteiger partial charge is 0.354 e. The van der Waals surface area contributed by atoms with Crippen molar-refractivity contribution in [1.29, 1.82) is 0 Å². The fourth-order valence-corrected chi connectivity index (χ4v) is 3.59. The number of nitrogens with one attached hydrogen (secondary N) is 1. The molecule has 0 amide bonds. The number of benzene rings is 1. The topological polar surface area (TPSA) is 72.0 Å². The summed E-state index contributed by atoms with van der Waals surface area (Å²) in [5.41, 5.74) is 1.85. The van der Waals surface area contributed by atoms with Crippen LogP contribution in [0.5, 0.6) is 0 Å². The minimum absolute atomic E-state index is 0.0285. The number of hydrogen-bond donors (Lipinski definition) is 1. The molecule has 2 aromatic rings. The van der Waals surface area contributed by atoms with Crippen molar-refractivity contribution in [2.75, 3.05) is 11.9 Å². The van der Waals surface area contributed by atoms with Crippen LogP contribution < -0.4 is 5.32 Å². The van der Waals surface area contributed by atoms with Gasteiger partial charge in [0, 0.05) is 17.8 Å². The second-order valence-electron chi connectivity index (χ2n) is 5.90. The molecule has 1 aliphatic heterocycles. The van der Waals surface area contributed by atoms with Crippen molar-refractivity contribution >= 4 is 46.3 Å². The number of anilines is 1. The second-order valence-corrected chi connectivity index (χ2v) is 7.44. The Bertz CT molecular complexity index is 854. The highest BCUT2D eigenvalue weighted by atomic mass is 35.5. The summed E-state index contributed by atoms with van der Waals surface area (Å²) in [5, 5.41) is 3.84. The van der Waals surface area contributed by atoms with Gasteiger partial charge in [-0.3, -0.25) is 9.59 Å². The molecule has 0 bridgehead atoms. The standard InChI is InChI=1S/C19H18ClN3O2S/c20-14-6-3-5-13(10-14)4-1-2-8-21-19-22-9-7-15(23-19)11-17-16(24)12-18(25)26-17/h3,5-7,9-11H,1-2,4,8,12H2,(H,21,22,23)/b17-11-. The van der Waals surface area contributed by atoms with Crippen molar-refractivity contribution in [2.45, 2.75) is 25.7 Å². The molecule has 0 atom stereocenters. The van der Waals surface area contributed by atoms with Crippen LogP contribution in [-0.2, 0) is 16.0 Å². The van der Waals surface area contributed by atoms with Gasteiger partial charge in [0.15, 0.2) is 5.78 Å². The summed E-state index contributed by atoms with van der Waals surface area (Å²) < 4.78 is 0. The minimum atomic E-state index is -0.144. The van der Waals surface area contributed by atoms with Crippen molar-refractivity contribution in [3.8, 4) is 0 Å². The smallest absolute Gasteiger partial charge is 0.223 e. The quantitative estimate of drug-likeness (QED) is 0.437. The summed E-state index contributed by atoms with van der Waals surface area (Å²) in [7, 11) is 0. The number of carbonyl (C=O) groups is 2. The van der Waals surface area contributed by atoms with Crippen LogP contribution in [-0.4, -0.2) is 27.4 Å². The summed E-state index contributed by atoms with van der Waals surface area (Å²) in [6, 6.07) is 9.62. The monoisotopic (exact) mass is 387 g/mol. The average Bonchev–Trinajstić information content (AvgIpc) is 2.92. The fraction of sp³-hybridized carbons (Fsp3) is 0.263. The molecule has 3 rings (SSSR count). The fourth-order valence-electron chi connectivity index (χ4n) is 2.56. The number of carbonyl (C=O) groups excluding carboxylic acids is 2. The van der Waals surface area contributed by atoms with Crippen LogP contribution in [0.1, 0.15) is 30.5 Å². The van der Waals surface area contributed by atoms with E-state index in [9.17, 15) is 9.59 Å². The van der Waals surface area contributed by atoms with Gasteiger partial charge in [-0.2, -0.15) is 0 Å². The number of ketones is 1. The second kappa shape index (κ2) is 8.96. The van der Waals surface area contributed by atoms with E-state index in [-0.39, 0.29) is 17.3 Å². The number of halogens is 1. The van der Waals surface area contributed by atoms with Crippen molar-refractivity contribution in [1.82, 2.24) is 9.97 Å². The van der Waals surface area contributed by atoms with Gasteiger partial charge in [-0.15, -0.1) is 0 Å². The molecular weight excluding hydrogens is 370 g/mol. The molecule has 1 aromatic carbocycles. The number of aromatic nitrogens is 2. The lowest BCUT2D eigenvalue weighted by molar-refractivity contribution is -0.119. The summed E-state index contributed by atoms with van der Waals surface area (Å²) in [6.07, 6.45) is 6.24. The Balaban J connectivity index is 1.47. The van der Waals surface area contributed by atoms with E-state index in [1.165, 1.54) is 5.56 Å². The van der Waals surface area contributed by atoms with Crippen LogP contribution in [0, 0.1) is 0 Å². The van der Waals surface area contributed by atoms with Gasteiger partial charge in [0.25, 0.3) is 0 Å². The third-order valence-corrected chi connectivity index (χ3v) is 5.00. The predicted octanol–water partition coefficient (Wildman–Crippen LogP) is 4.14. The highest BCUT2D eigenvalue weighted by molar-refractivity contribution is 8.18. The summed E-state index contributed by atoms with van der Waals surface area (Å²) in [5.74, 6) is 0.373. The SMILES string of the molecule is O=C1CC(=O)/C(=C/c2ccnc(NCCCCc3cccc(Cl)c3)n2)S1. The van der Waals surface area contributed by atoms with Crippen LogP contribution in [0.3, 0.4) is 0 Å². The number of allylic oxidation sites excluding steroid dienone is 1. The zero-order valence-corrected chi connectivity index (χ0v) is 15.6. The Morgan fingerprint density at radius 2 is 2.12 bits per heavy atom. The summed E-state index contributed by atoms with van der Waals surface area (Å²) >= 11 is 6.96. The third-order valence-electron chi connectivity index (χ3n) is 3.82. The van der Waals surface area contributed by atoms with Gasteiger partial charge >= 0.3 is 0 Å². The Kier molecular flexibility index (Phi) is 6.41. The molecule has 0 unspecified atom stereocenters. The van der Waals surface area contributed by atoms with Crippen molar-refractivity contribution < 1.29 is 9.59 Å². The molecule has 0 saturated carbocycles. The van der Waals surface area contributed by atoms with Crippen molar-refractivity contribution in [3.63, 3.8) is 0 Å². The van der Waals surface area contributed by atoms with E-state index in [1.807, 2.05) is 18.2 Å². The Hall–Kier alpha value is -2.18. The van der Waals surface area contributed by atoms with Gasteiger partial charge in [0.1, 0.15) is 0 Å². The Morgan fingerprint density at radius 1 is 1.23 bits per heavy atom. The molecular formula is C19H18ClN3O2S. The number of thioether (sulfide) groups is 1. The van der Waals surface area contributed by atoms with E-state index in [4.69, 9.17) is 11.6 Å². The number of nitrogens with zero attached hydrogens (tertiary/aromatic N) is 2. The van der Waals surface area contributed by atoms with Crippen LogP contribution in [0.2, 0.25) is 5.02 Å². The summed E-state index contributed by atoms with van der Waals surface area (Å²) in [4.78, 5) is 32.0. The molecule has 1 saturated heterocycles. The molecule has 7 heteroatoms. The Labute approximate surface area is 161 Å². The lowest BCUT2D eigenvalue weighted by atomic mass is 10.1. The molecule has 26 heavy (non-hydrogen) atoms. The predicted molar refractivity (Wildman–Crippen MR) is 105 cm³/mol. The first-order valence-corrected chi connectivity index (χ1v) is 9.56. The van der Waals surface area contributed by atoms with Gasteiger partial charge in [0.2, 0.25) is 11.1 Å². The molecule has 0 spiro atoms. The molecule has 134 valence electrons. The zero-order chi connectivity index (χ0) is 18.4. The van der Waals surface area contributed by atoms with Crippen LogP contribution in [0.15, 0.2) is 41.4 Å². The van der Waals surface area contributed by atoms with E-state index in [0.717, 1.165) is 42.6 Å². The molecule has 1 aliphatic rings. The number of Topliss-reactive ketones (excluding diaryl/α,β-unsaturated/α-hetero) is 1. The zero-order valence-electron chi connectivity index (χ0n) is 14.1. The van der Waals surface area contributed by atoms with Gasteiger partial charge in [-0.25, -0.2) is 9.97 Å². The molecule has 1 N–H and O–H groups in total. The van der Waals surface area contributed by atoms with E-state index >= 15 is 0 Å². The highest BCUT2D eigenvalue weighted by Gasteiger charge is 2.25. The first-order chi connectivity index (χ1) is 12.6. The maximum Gasteiger partial charge on any atom is 0.223 e. The molecule has 2 heterocycles. The molecule has 0 aliphatic carbocycles. The lowest BCUT2D eigenvalue weighted by Gasteiger charge is -2.06. The first-order valence-electron chi connectivity index (χ1n) is 8.37. The normalized spacial score (nSPS) is 15.7. The van der Waals surface area contributed by atoms with Gasteiger partial charge in [0.05, 0.1) is 17.0 Å². The first kappa shape index (κ1) is 18.6. The summed E-state index contributed by atoms with van der Waals surface area (Å²) in [6.45, 7) is 0.757. The van der Waals surface area contributed by atoms with Gasteiger partial charge < -0.3 is 5.32 Å². The Morgan fingerprint density at radius 3 is 2.88 bits per heavy atom. The van der Waals surface area contributed by atoms with Crippen LogP contribution in [0.4, 0.5) is 5.95 Å².